The van der Waals surface area contributed by atoms with E-state index in [0.29, 0.717) is 30.2 Å². The molecule has 0 aliphatic heterocycles. The molecule has 0 saturated heterocycles. The zero-order valence-electron chi connectivity index (χ0n) is 18.8. The van der Waals surface area contributed by atoms with Crippen molar-refractivity contribution in [2.45, 2.75) is 51.0 Å². The smallest absolute Gasteiger partial charge is 0.429 e. The summed E-state index contributed by atoms with van der Waals surface area (Å²) in [4.78, 5) is 7.26. The predicted octanol–water partition coefficient (Wildman–Crippen LogP) is 7.62. The van der Waals surface area contributed by atoms with Crippen LogP contribution in [0.25, 0.3) is 0 Å². The van der Waals surface area contributed by atoms with E-state index >= 15 is 0 Å². The van der Waals surface area contributed by atoms with Gasteiger partial charge in [-0.1, -0.05) is 19.8 Å². The van der Waals surface area contributed by atoms with Gasteiger partial charge in [0.1, 0.15) is 17.3 Å². The van der Waals surface area contributed by atoms with Crippen molar-refractivity contribution >= 4 is 0 Å². The van der Waals surface area contributed by atoms with Crippen LogP contribution in [0.4, 0.5) is 35.1 Å². The first-order chi connectivity index (χ1) is 16.8. The molecule has 0 aliphatic carbocycles. The zero-order chi connectivity index (χ0) is 26.6. The minimum atomic E-state index is -5.01. The molecule has 0 unspecified atom stereocenters. The molecule has 4 nitrogen and oxygen atoms in total. The Morgan fingerprint density at radius 2 is 1.33 bits per heavy atom. The van der Waals surface area contributed by atoms with E-state index in [1.807, 2.05) is 6.92 Å². The first-order valence-corrected chi connectivity index (χ1v) is 10.7. The lowest BCUT2D eigenvalue weighted by Crippen LogP contribution is -2.25. The fourth-order valence-electron chi connectivity index (χ4n) is 3.12. The maximum absolute atomic E-state index is 14.4. The molecule has 0 radical (unpaired) electrons. The first kappa shape index (κ1) is 27.2. The fourth-order valence-corrected chi connectivity index (χ4v) is 3.12. The molecule has 0 saturated carbocycles. The fraction of sp³-hybridized carbons (Fsp3) is 0.333. The van der Waals surface area contributed by atoms with Gasteiger partial charge in [-0.2, -0.15) is 30.7 Å². The van der Waals surface area contributed by atoms with Crippen LogP contribution in [0.2, 0.25) is 0 Å². The second-order valence-corrected chi connectivity index (χ2v) is 7.77. The summed E-state index contributed by atoms with van der Waals surface area (Å²) in [5, 5.41) is 0. The first-order valence-electron chi connectivity index (χ1n) is 10.7. The number of alkyl halides is 7. The van der Waals surface area contributed by atoms with Gasteiger partial charge in [-0.25, -0.2) is 14.4 Å². The van der Waals surface area contributed by atoms with Crippen LogP contribution in [0.1, 0.15) is 48.7 Å². The van der Waals surface area contributed by atoms with Gasteiger partial charge in [-0.15, -0.1) is 0 Å². The van der Waals surface area contributed by atoms with Gasteiger partial charge in [0, 0.05) is 18.5 Å². The van der Waals surface area contributed by atoms with Crippen LogP contribution in [0.3, 0.4) is 0 Å². The summed E-state index contributed by atoms with van der Waals surface area (Å²) in [6, 6.07) is 4.02. The lowest BCUT2D eigenvalue weighted by molar-refractivity contribution is -0.192. The number of aromatic nitrogens is 2. The van der Waals surface area contributed by atoms with Crippen LogP contribution in [0.5, 0.6) is 11.5 Å². The summed E-state index contributed by atoms with van der Waals surface area (Å²) >= 11 is 0. The Morgan fingerprint density at radius 3 is 1.89 bits per heavy atom. The molecule has 3 rings (SSSR count). The third-order valence-electron chi connectivity index (χ3n) is 4.96. The lowest BCUT2D eigenvalue weighted by Gasteiger charge is -2.20. The van der Waals surface area contributed by atoms with Gasteiger partial charge in [0.15, 0.2) is 0 Å². The Labute approximate surface area is 200 Å². The minimum absolute atomic E-state index is 0.170. The van der Waals surface area contributed by atoms with Gasteiger partial charge < -0.3 is 9.47 Å². The molecule has 0 atom stereocenters. The van der Waals surface area contributed by atoms with Crippen LogP contribution < -0.4 is 9.47 Å². The van der Waals surface area contributed by atoms with Gasteiger partial charge in [0.05, 0.1) is 11.1 Å². The van der Waals surface area contributed by atoms with Crippen LogP contribution in [-0.2, 0) is 24.8 Å². The number of ether oxygens (including phenoxy) is 2. The van der Waals surface area contributed by atoms with Crippen molar-refractivity contribution in [3.05, 3.63) is 83.2 Å². The molecule has 2 aromatic carbocycles. The van der Waals surface area contributed by atoms with Gasteiger partial charge >= 0.3 is 18.4 Å². The number of hydrogen-bond acceptors (Lipinski definition) is 4. The molecule has 3 aromatic rings. The molecule has 12 heteroatoms. The molecule has 194 valence electrons. The number of benzene rings is 2. The molecular weight excluding hydrogens is 500 g/mol. The van der Waals surface area contributed by atoms with E-state index in [1.165, 1.54) is 12.4 Å². The number of rotatable bonds is 10. The molecular formula is C24H20F8N2O2. The van der Waals surface area contributed by atoms with Crippen LogP contribution >= 0.6 is 0 Å². The Hall–Kier alpha value is -3.44. The molecule has 0 amide bonds. The summed E-state index contributed by atoms with van der Waals surface area (Å²) < 4.78 is 118. The molecule has 0 bridgehead atoms. The van der Waals surface area contributed by atoms with Crippen LogP contribution in [-0.4, -0.2) is 9.97 Å². The Balaban J connectivity index is 1.67. The van der Waals surface area contributed by atoms with E-state index in [1.54, 1.807) is 0 Å². The Bertz CT molecular complexity index is 1150. The number of aryl methyl sites for hydroxylation is 1. The van der Waals surface area contributed by atoms with Gasteiger partial charge in [-0.05, 0) is 54.8 Å². The highest BCUT2D eigenvalue weighted by Gasteiger charge is 2.40. The number of hydrogen-bond donors (Lipinski definition) is 0. The molecule has 0 spiro atoms. The van der Waals surface area contributed by atoms with Gasteiger partial charge in [0.25, 0.3) is 0 Å². The van der Waals surface area contributed by atoms with E-state index in [-0.39, 0.29) is 12.1 Å². The van der Waals surface area contributed by atoms with Gasteiger partial charge in [0.2, 0.25) is 5.82 Å². The number of halogens is 8. The van der Waals surface area contributed by atoms with E-state index < -0.39 is 52.7 Å². The third-order valence-corrected chi connectivity index (χ3v) is 4.96. The van der Waals surface area contributed by atoms with Crippen molar-refractivity contribution in [1.29, 1.82) is 0 Å². The van der Waals surface area contributed by atoms with Crippen molar-refractivity contribution in [1.82, 2.24) is 9.97 Å². The minimum Gasteiger partial charge on any atom is -0.429 e. The third kappa shape index (κ3) is 6.82. The SMILES string of the molecule is CCCCCc1cnc(C(F)(F)Oc2ccc(C(F)(F)Oc3ccc(C(F)(F)F)c(F)c3)cc2)nc1. The average molecular weight is 520 g/mol. The highest BCUT2D eigenvalue weighted by Crippen LogP contribution is 2.37. The standard InChI is InChI=1S/C24H20F8N2O2/c1-2-3-4-5-15-13-33-21(34-14-15)24(31,32)35-17-8-6-16(7-9-17)23(29,30)36-18-10-11-19(20(25)12-18)22(26,27)28/h6-14H,2-5H2,1H3. The van der Waals surface area contributed by atoms with Crippen molar-refractivity contribution < 1.29 is 44.6 Å². The lowest BCUT2D eigenvalue weighted by atomic mass is 10.1. The average Bonchev–Trinajstić information content (AvgIpc) is 2.78. The number of unbranched alkanes of at least 4 members (excludes halogenated alkanes) is 2. The van der Waals surface area contributed by atoms with E-state index in [9.17, 15) is 35.1 Å². The summed E-state index contributed by atoms with van der Waals surface area (Å²) in [5.41, 5.74) is -1.80. The Morgan fingerprint density at radius 1 is 0.750 bits per heavy atom. The number of nitrogens with zero attached hydrogens (tertiary/aromatic N) is 2. The molecule has 0 aliphatic rings. The van der Waals surface area contributed by atoms with E-state index in [0.717, 1.165) is 31.4 Å². The molecule has 36 heavy (non-hydrogen) atoms. The quantitative estimate of drug-likeness (QED) is 0.204. The maximum Gasteiger partial charge on any atom is 0.462 e. The van der Waals surface area contributed by atoms with Gasteiger partial charge in [-0.3, -0.25) is 0 Å². The monoisotopic (exact) mass is 520 g/mol. The maximum atomic E-state index is 14.4. The highest BCUT2D eigenvalue weighted by molar-refractivity contribution is 5.33. The predicted molar refractivity (Wildman–Crippen MR) is 112 cm³/mol. The molecule has 0 N–H and O–H groups in total. The van der Waals surface area contributed by atoms with Crippen molar-refractivity contribution in [3.63, 3.8) is 0 Å². The zero-order valence-corrected chi connectivity index (χ0v) is 18.8. The summed E-state index contributed by atoms with van der Waals surface area (Å²) in [7, 11) is 0. The second-order valence-electron chi connectivity index (χ2n) is 7.77. The summed E-state index contributed by atoms with van der Waals surface area (Å²) in [5.74, 6) is -4.06. The molecule has 1 heterocycles. The Kier molecular flexibility index (Phi) is 8.05. The summed E-state index contributed by atoms with van der Waals surface area (Å²) in [6.07, 6.45) is -7.09. The van der Waals surface area contributed by atoms with Crippen molar-refractivity contribution in [2.75, 3.05) is 0 Å². The van der Waals surface area contributed by atoms with Crippen molar-refractivity contribution in [3.8, 4) is 11.5 Å². The van der Waals surface area contributed by atoms with Crippen LogP contribution in [0, 0.1) is 5.82 Å². The second kappa shape index (κ2) is 10.7. The topological polar surface area (TPSA) is 44.2 Å². The van der Waals surface area contributed by atoms with E-state index in [4.69, 9.17) is 0 Å². The highest BCUT2D eigenvalue weighted by atomic mass is 19.4. The summed E-state index contributed by atoms with van der Waals surface area (Å²) in [6.45, 7) is 2.03. The largest absolute Gasteiger partial charge is 0.462 e. The molecule has 0 fully saturated rings. The van der Waals surface area contributed by atoms with Crippen molar-refractivity contribution in [2.24, 2.45) is 0 Å². The van der Waals surface area contributed by atoms with E-state index in [2.05, 4.69) is 19.4 Å². The van der Waals surface area contributed by atoms with Crippen LogP contribution in [0.15, 0.2) is 54.9 Å². The molecule has 1 aromatic heterocycles. The normalized spacial score (nSPS) is 12.5.